The van der Waals surface area contributed by atoms with Crippen LogP contribution < -0.4 is 11.1 Å². The van der Waals surface area contributed by atoms with Crippen LogP contribution >= 0.6 is 0 Å². The summed E-state index contributed by atoms with van der Waals surface area (Å²) < 4.78 is 0. The number of aromatic hydroxyl groups is 3. The van der Waals surface area contributed by atoms with E-state index in [0.717, 1.165) is 12.1 Å². The SMILES string of the molecule is NC(=O)CCC(NC(=O)c1cc(O)c(O)c(O)c1)C(=O)O. The van der Waals surface area contributed by atoms with E-state index in [1.165, 1.54) is 0 Å². The molecule has 1 aromatic rings. The standard InChI is InChI=1S/C12H14N2O7/c13-9(17)2-1-6(12(20)21)14-11(19)5-3-7(15)10(18)8(16)4-5/h3-4,6,15-16,18H,1-2H2,(H2,13,17)(H,14,19)(H,20,21). The molecule has 0 saturated carbocycles. The van der Waals surface area contributed by atoms with Crippen LogP contribution in [0.3, 0.4) is 0 Å². The molecule has 21 heavy (non-hydrogen) atoms. The van der Waals surface area contributed by atoms with Gasteiger partial charge in [0.2, 0.25) is 5.91 Å². The minimum Gasteiger partial charge on any atom is -0.504 e. The quantitative estimate of drug-likeness (QED) is 0.375. The summed E-state index contributed by atoms with van der Waals surface area (Å²) in [5.74, 6) is -5.24. The van der Waals surface area contributed by atoms with Crippen molar-refractivity contribution in [1.29, 1.82) is 0 Å². The van der Waals surface area contributed by atoms with Crippen molar-refractivity contribution in [2.24, 2.45) is 5.73 Å². The van der Waals surface area contributed by atoms with E-state index < -0.39 is 41.1 Å². The predicted octanol–water partition coefficient (Wildman–Crippen LogP) is -0.748. The Morgan fingerprint density at radius 2 is 1.67 bits per heavy atom. The predicted molar refractivity (Wildman–Crippen MR) is 68.8 cm³/mol. The number of rotatable bonds is 6. The van der Waals surface area contributed by atoms with Crippen LogP contribution in [-0.4, -0.2) is 44.3 Å². The van der Waals surface area contributed by atoms with E-state index in [0.29, 0.717) is 0 Å². The number of nitrogens with two attached hydrogens (primary N) is 1. The average molecular weight is 298 g/mol. The van der Waals surface area contributed by atoms with Gasteiger partial charge in [-0.1, -0.05) is 0 Å². The van der Waals surface area contributed by atoms with Crippen LogP contribution in [0.1, 0.15) is 23.2 Å². The summed E-state index contributed by atoms with van der Waals surface area (Å²) in [5.41, 5.74) is 4.64. The van der Waals surface area contributed by atoms with Gasteiger partial charge in [-0.3, -0.25) is 9.59 Å². The van der Waals surface area contributed by atoms with E-state index in [1.54, 1.807) is 0 Å². The fourth-order valence-electron chi connectivity index (χ4n) is 1.52. The number of hydrogen-bond acceptors (Lipinski definition) is 6. The van der Waals surface area contributed by atoms with Gasteiger partial charge in [-0.25, -0.2) is 4.79 Å². The molecule has 7 N–H and O–H groups in total. The molecule has 1 rings (SSSR count). The van der Waals surface area contributed by atoms with Crippen LogP contribution in [0.15, 0.2) is 12.1 Å². The molecule has 0 spiro atoms. The summed E-state index contributed by atoms with van der Waals surface area (Å²) in [5, 5.41) is 38.8. The Balaban J connectivity index is 2.87. The van der Waals surface area contributed by atoms with Gasteiger partial charge in [0.25, 0.3) is 5.91 Å². The topological polar surface area (TPSA) is 170 Å². The second kappa shape index (κ2) is 6.46. The maximum absolute atomic E-state index is 11.8. The maximum atomic E-state index is 11.8. The Kier molecular flexibility index (Phi) is 4.95. The highest BCUT2D eigenvalue weighted by atomic mass is 16.4. The molecule has 0 bridgehead atoms. The van der Waals surface area contributed by atoms with Gasteiger partial charge in [-0.2, -0.15) is 0 Å². The smallest absolute Gasteiger partial charge is 0.326 e. The number of aliphatic carboxylic acids is 1. The molecule has 0 aliphatic carbocycles. The van der Waals surface area contributed by atoms with Crippen LogP contribution in [0.25, 0.3) is 0 Å². The lowest BCUT2D eigenvalue weighted by molar-refractivity contribution is -0.139. The first-order valence-corrected chi connectivity index (χ1v) is 5.79. The third-order valence-corrected chi connectivity index (χ3v) is 2.61. The van der Waals surface area contributed by atoms with Crippen LogP contribution in [-0.2, 0) is 9.59 Å². The number of carbonyl (C=O) groups is 3. The number of phenolic OH excluding ortho intramolecular Hbond substituents is 3. The third kappa shape index (κ3) is 4.27. The van der Waals surface area contributed by atoms with Gasteiger partial charge in [0.05, 0.1) is 0 Å². The third-order valence-electron chi connectivity index (χ3n) is 2.61. The molecule has 0 aromatic heterocycles. The van der Waals surface area contributed by atoms with Crippen LogP contribution in [0.5, 0.6) is 17.2 Å². The summed E-state index contributed by atoms with van der Waals surface area (Å²) in [7, 11) is 0. The fraction of sp³-hybridized carbons (Fsp3) is 0.250. The van der Waals surface area contributed by atoms with E-state index >= 15 is 0 Å². The normalized spacial score (nSPS) is 11.6. The van der Waals surface area contributed by atoms with Crippen molar-refractivity contribution in [3.8, 4) is 17.2 Å². The first-order valence-electron chi connectivity index (χ1n) is 5.79. The van der Waals surface area contributed by atoms with E-state index in [9.17, 15) is 24.6 Å². The molecule has 9 nitrogen and oxygen atoms in total. The average Bonchev–Trinajstić information content (AvgIpc) is 2.39. The molecule has 0 aliphatic rings. The number of carboxylic acid groups (broad SMARTS) is 1. The molecular weight excluding hydrogens is 284 g/mol. The Morgan fingerprint density at radius 1 is 1.14 bits per heavy atom. The zero-order valence-electron chi connectivity index (χ0n) is 10.7. The second-order valence-corrected chi connectivity index (χ2v) is 4.23. The van der Waals surface area contributed by atoms with E-state index in [1.807, 2.05) is 0 Å². The molecule has 0 saturated heterocycles. The number of carboxylic acids is 1. The number of amides is 2. The molecule has 0 aliphatic heterocycles. The number of primary amides is 1. The van der Waals surface area contributed by atoms with Crippen molar-refractivity contribution in [1.82, 2.24) is 5.32 Å². The van der Waals surface area contributed by atoms with Gasteiger partial charge in [0.15, 0.2) is 17.2 Å². The summed E-state index contributed by atoms with van der Waals surface area (Å²) in [6.45, 7) is 0. The van der Waals surface area contributed by atoms with Crippen molar-refractivity contribution < 1.29 is 34.8 Å². The Labute approximate surface area is 118 Å². The highest BCUT2D eigenvalue weighted by molar-refractivity contribution is 5.97. The summed E-state index contributed by atoms with van der Waals surface area (Å²) in [6, 6.07) is 0.359. The van der Waals surface area contributed by atoms with E-state index in [4.69, 9.17) is 15.9 Å². The lowest BCUT2D eigenvalue weighted by Crippen LogP contribution is -2.41. The number of nitrogens with one attached hydrogen (secondary N) is 1. The highest BCUT2D eigenvalue weighted by Crippen LogP contribution is 2.35. The van der Waals surface area contributed by atoms with Crippen molar-refractivity contribution >= 4 is 17.8 Å². The molecule has 0 radical (unpaired) electrons. The van der Waals surface area contributed by atoms with Gasteiger partial charge < -0.3 is 31.5 Å². The first-order chi connectivity index (χ1) is 9.72. The monoisotopic (exact) mass is 298 g/mol. The van der Waals surface area contributed by atoms with E-state index in [2.05, 4.69) is 5.32 Å². The van der Waals surface area contributed by atoms with Crippen LogP contribution in [0, 0.1) is 0 Å². The lowest BCUT2D eigenvalue weighted by Gasteiger charge is -2.14. The highest BCUT2D eigenvalue weighted by Gasteiger charge is 2.22. The molecule has 0 heterocycles. The molecule has 0 fully saturated rings. The Bertz CT molecular complexity index is 562. The lowest BCUT2D eigenvalue weighted by atomic mass is 10.1. The maximum Gasteiger partial charge on any atom is 0.326 e. The molecule has 1 atom stereocenters. The van der Waals surface area contributed by atoms with E-state index in [-0.39, 0.29) is 18.4 Å². The van der Waals surface area contributed by atoms with Crippen molar-refractivity contribution in [3.63, 3.8) is 0 Å². The molecule has 9 heteroatoms. The van der Waals surface area contributed by atoms with Gasteiger partial charge in [-0.15, -0.1) is 0 Å². The molecule has 1 aromatic carbocycles. The molecular formula is C12H14N2O7. The zero-order valence-corrected chi connectivity index (χ0v) is 10.7. The minimum atomic E-state index is -1.36. The van der Waals surface area contributed by atoms with Gasteiger partial charge in [-0.05, 0) is 18.6 Å². The van der Waals surface area contributed by atoms with Crippen molar-refractivity contribution in [3.05, 3.63) is 17.7 Å². The Morgan fingerprint density at radius 3 is 2.10 bits per heavy atom. The fourth-order valence-corrected chi connectivity index (χ4v) is 1.52. The minimum absolute atomic E-state index is 0.202. The molecule has 1 unspecified atom stereocenters. The number of carbonyl (C=O) groups excluding carboxylic acids is 2. The van der Waals surface area contributed by atoms with Gasteiger partial charge >= 0.3 is 5.97 Å². The van der Waals surface area contributed by atoms with Crippen LogP contribution in [0.2, 0.25) is 0 Å². The summed E-state index contributed by atoms with van der Waals surface area (Å²) >= 11 is 0. The van der Waals surface area contributed by atoms with Crippen LogP contribution in [0.4, 0.5) is 0 Å². The van der Waals surface area contributed by atoms with Crippen molar-refractivity contribution in [2.75, 3.05) is 0 Å². The van der Waals surface area contributed by atoms with Crippen molar-refractivity contribution in [2.45, 2.75) is 18.9 Å². The molecule has 114 valence electrons. The number of benzene rings is 1. The second-order valence-electron chi connectivity index (χ2n) is 4.23. The number of hydrogen-bond donors (Lipinski definition) is 6. The summed E-state index contributed by atoms with van der Waals surface area (Å²) in [6.07, 6.45) is -0.435. The Hall–Kier alpha value is -2.97. The number of phenols is 3. The zero-order chi connectivity index (χ0) is 16.2. The van der Waals surface area contributed by atoms with Gasteiger partial charge in [0, 0.05) is 12.0 Å². The molecule has 2 amide bonds. The largest absolute Gasteiger partial charge is 0.504 e. The summed E-state index contributed by atoms with van der Waals surface area (Å²) in [4.78, 5) is 33.4. The van der Waals surface area contributed by atoms with Gasteiger partial charge in [0.1, 0.15) is 6.04 Å². The first kappa shape index (κ1) is 16.1.